The predicted molar refractivity (Wildman–Crippen MR) is 130 cm³/mol. The molecule has 2 aliphatic rings. The van der Waals surface area contributed by atoms with E-state index < -0.39 is 0 Å². The summed E-state index contributed by atoms with van der Waals surface area (Å²) in [7, 11) is 2.20. The van der Waals surface area contributed by atoms with Crippen molar-refractivity contribution in [2.45, 2.75) is 63.5 Å². The number of benzene rings is 2. The lowest BCUT2D eigenvalue weighted by atomic mass is 9.98. The summed E-state index contributed by atoms with van der Waals surface area (Å²) in [5.41, 5.74) is 2.65. The van der Waals surface area contributed by atoms with Gasteiger partial charge in [0.2, 0.25) is 0 Å². The number of ether oxygens (including phenoxy) is 1. The van der Waals surface area contributed by atoms with E-state index in [9.17, 15) is 4.79 Å². The number of carbonyl (C=O) groups is 1. The standard InChI is InChI=1S/C27H31ClN2O2/c1-29-15-7-8-20(29)16-19-18-30(27(31)23-11-5-6-12-25(23)28)26-14-13-22(17-24(19)26)32-21-9-3-2-4-10-21/h5-6,11-14,17-18,20-21H,2-4,7-10,15-16H2,1H3. The van der Waals surface area contributed by atoms with Gasteiger partial charge in [0.05, 0.1) is 22.2 Å². The van der Waals surface area contributed by atoms with Crippen LogP contribution in [0.25, 0.3) is 10.9 Å². The van der Waals surface area contributed by atoms with Gasteiger partial charge in [0.25, 0.3) is 5.91 Å². The molecule has 168 valence electrons. The lowest BCUT2D eigenvalue weighted by molar-refractivity contribution is 0.0965. The Balaban J connectivity index is 1.53. The molecule has 1 unspecified atom stereocenters. The quantitative estimate of drug-likeness (QED) is 0.455. The normalized spacial score (nSPS) is 20.1. The van der Waals surface area contributed by atoms with Crippen molar-refractivity contribution >= 4 is 28.4 Å². The molecule has 0 spiro atoms. The van der Waals surface area contributed by atoms with Crippen molar-refractivity contribution < 1.29 is 9.53 Å². The van der Waals surface area contributed by atoms with Crippen molar-refractivity contribution in [1.29, 1.82) is 0 Å². The van der Waals surface area contributed by atoms with E-state index in [4.69, 9.17) is 16.3 Å². The van der Waals surface area contributed by atoms with Crippen molar-refractivity contribution in [2.24, 2.45) is 0 Å². The van der Waals surface area contributed by atoms with Crippen LogP contribution in [0.4, 0.5) is 0 Å². The second-order valence-electron chi connectivity index (χ2n) is 9.35. The minimum atomic E-state index is -0.0902. The molecule has 2 heterocycles. The third-order valence-corrected chi connectivity index (χ3v) is 7.49. The molecule has 1 aliphatic carbocycles. The van der Waals surface area contributed by atoms with Crippen molar-refractivity contribution in [3.63, 3.8) is 0 Å². The third-order valence-electron chi connectivity index (χ3n) is 7.16. The van der Waals surface area contributed by atoms with E-state index in [-0.39, 0.29) is 5.91 Å². The number of nitrogens with zero attached hydrogens (tertiary/aromatic N) is 2. The lowest BCUT2D eigenvalue weighted by Crippen LogP contribution is -2.26. The zero-order chi connectivity index (χ0) is 22.1. The minimum absolute atomic E-state index is 0.0902. The topological polar surface area (TPSA) is 34.5 Å². The minimum Gasteiger partial charge on any atom is -0.490 e. The largest absolute Gasteiger partial charge is 0.490 e. The van der Waals surface area contributed by atoms with Crippen LogP contribution in [0.3, 0.4) is 0 Å². The van der Waals surface area contributed by atoms with Gasteiger partial charge in [0, 0.05) is 17.6 Å². The first kappa shape index (κ1) is 21.5. The molecule has 2 fully saturated rings. The van der Waals surface area contributed by atoms with Crippen molar-refractivity contribution in [3.8, 4) is 5.75 Å². The molecule has 0 bridgehead atoms. The van der Waals surface area contributed by atoms with E-state index in [0.717, 1.165) is 42.5 Å². The molecule has 4 nitrogen and oxygen atoms in total. The van der Waals surface area contributed by atoms with Gasteiger partial charge in [-0.3, -0.25) is 9.36 Å². The average molecular weight is 451 g/mol. The molecule has 1 saturated carbocycles. The summed E-state index contributed by atoms with van der Waals surface area (Å²) in [4.78, 5) is 15.9. The maximum absolute atomic E-state index is 13.4. The molecule has 0 radical (unpaired) electrons. The van der Waals surface area contributed by atoms with E-state index in [1.165, 1.54) is 37.7 Å². The fraction of sp³-hybridized carbons (Fsp3) is 0.444. The highest BCUT2D eigenvalue weighted by atomic mass is 35.5. The van der Waals surface area contributed by atoms with Crippen LogP contribution in [-0.4, -0.2) is 41.1 Å². The molecule has 1 saturated heterocycles. The number of hydrogen-bond acceptors (Lipinski definition) is 3. The third kappa shape index (κ3) is 4.31. The second kappa shape index (κ2) is 9.29. The summed E-state index contributed by atoms with van der Waals surface area (Å²) in [5.74, 6) is 0.820. The van der Waals surface area contributed by atoms with Crippen LogP contribution in [0, 0.1) is 0 Å². The van der Waals surface area contributed by atoms with Gasteiger partial charge in [-0.1, -0.05) is 30.2 Å². The predicted octanol–water partition coefficient (Wildman–Crippen LogP) is 6.33. The summed E-state index contributed by atoms with van der Waals surface area (Å²) < 4.78 is 8.13. The van der Waals surface area contributed by atoms with Crippen LogP contribution < -0.4 is 4.74 Å². The molecule has 1 aliphatic heterocycles. The number of halogens is 1. The van der Waals surface area contributed by atoms with E-state index in [0.29, 0.717) is 22.7 Å². The number of aromatic nitrogens is 1. The number of hydrogen-bond donors (Lipinski definition) is 0. The van der Waals surface area contributed by atoms with Gasteiger partial charge in [-0.05, 0) is 94.4 Å². The van der Waals surface area contributed by atoms with Crippen LogP contribution in [-0.2, 0) is 6.42 Å². The zero-order valence-electron chi connectivity index (χ0n) is 18.7. The number of likely N-dealkylation sites (tertiary alicyclic amines) is 1. The number of likely N-dealkylation sites (N-methyl/N-ethyl adjacent to an activating group) is 1. The Morgan fingerprint density at radius 2 is 1.88 bits per heavy atom. The van der Waals surface area contributed by atoms with E-state index in [1.807, 2.05) is 30.5 Å². The summed E-state index contributed by atoms with van der Waals surface area (Å²) in [6.45, 7) is 1.14. The molecule has 5 rings (SSSR count). The van der Waals surface area contributed by atoms with Gasteiger partial charge in [0.1, 0.15) is 5.75 Å². The summed E-state index contributed by atoms with van der Waals surface area (Å²) >= 11 is 6.36. The Morgan fingerprint density at radius 1 is 1.06 bits per heavy atom. The second-order valence-corrected chi connectivity index (χ2v) is 9.75. The fourth-order valence-electron chi connectivity index (χ4n) is 5.31. The Kier molecular flexibility index (Phi) is 6.25. The van der Waals surface area contributed by atoms with Gasteiger partial charge in [-0.2, -0.15) is 0 Å². The highest BCUT2D eigenvalue weighted by Crippen LogP contribution is 2.32. The van der Waals surface area contributed by atoms with Crippen LogP contribution in [0.15, 0.2) is 48.7 Å². The zero-order valence-corrected chi connectivity index (χ0v) is 19.5. The molecule has 3 aromatic rings. The molecule has 2 aromatic carbocycles. The first-order chi connectivity index (χ1) is 15.6. The highest BCUT2D eigenvalue weighted by Gasteiger charge is 2.25. The van der Waals surface area contributed by atoms with E-state index in [1.54, 1.807) is 16.7 Å². The summed E-state index contributed by atoms with van der Waals surface area (Å²) in [6.07, 6.45) is 11.7. The Bertz CT molecular complexity index is 1120. The van der Waals surface area contributed by atoms with Gasteiger partial charge < -0.3 is 9.64 Å². The maximum Gasteiger partial charge on any atom is 0.263 e. The van der Waals surface area contributed by atoms with Crippen LogP contribution >= 0.6 is 11.6 Å². The van der Waals surface area contributed by atoms with Crippen molar-refractivity contribution in [3.05, 3.63) is 64.8 Å². The maximum atomic E-state index is 13.4. The van der Waals surface area contributed by atoms with Crippen LogP contribution in [0.2, 0.25) is 5.02 Å². The number of rotatable bonds is 5. The fourth-order valence-corrected chi connectivity index (χ4v) is 5.53. The van der Waals surface area contributed by atoms with Crippen LogP contribution in [0.1, 0.15) is 60.9 Å². The van der Waals surface area contributed by atoms with Gasteiger partial charge >= 0.3 is 0 Å². The number of carbonyl (C=O) groups excluding carboxylic acids is 1. The van der Waals surface area contributed by atoms with Gasteiger partial charge in [-0.15, -0.1) is 0 Å². The monoisotopic (exact) mass is 450 g/mol. The Hall–Kier alpha value is -2.30. The molecule has 1 atom stereocenters. The van der Waals surface area contributed by atoms with Gasteiger partial charge in [0.15, 0.2) is 0 Å². The SMILES string of the molecule is CN1CCCC1Cc1cn(C(=O)c2ccccc2Cl)c2ccc(OC3CCCCC3)cc12. The van der Waals surface area contributed by atoms with Gasteiger partial charge in [-0.25, -0.2) is 0 Å². The number of fused-ring (bicyclic) bond motifs is 1. The molecule has 1 aromatic heterocycles. The molecular weight excluding hydrogens is 420 g/mol. The molecule has 32 heavy (non-hydrogen) atoms. The highest BCUT2D eigenvalue weighted by molar-refractivity contribution is 6.34. The van der Waals surface area contributed by atoms with Crippen LogP contribution in [0.5, 0.6) is 5.75 Å². The lowest BCUT2D eigenvalue weighted by Gasteiger charge is -2.23. The average Bonchev–Trinajstić information content (AvgIpc) is 3.38. The summed E-state index contributed by atoms with van der Waals surface area (Å²) in [5, 5.41) is 1.59. The molecular formula is C27H31ClN2O2. The smallest absolute Gasteiger partial charge is 0.263 e. The summed E-state index contributed by atoms with van der Waals surface area (Å²) in [6, 6.07) is 14.0. The van der Waals surface area contributed by atoms with E-state index in [2.05, 4.69) is 18.0 Å². The molecule has 0 N–H and O–H groups in total. The van der Waals surface area contributed by atoms with E-state index >= 15 is 0 Å². The molecule has 5 heteroatoms. The van der Waals surface area contributed by atoms with Crippen molar-refractivity contribution in [2.75, 3.05) is 13.6 Å². The first-order valence-corrected chi connectivity index (χ1v) is 12.3. The Labute approximate surface area is 195 Å². The first-order valence-electron chi connectivity index (χ1n) is 11.9. The van der Waals surface area contributed by atoms with Crippen molar-refractivity contribution in [1.82, 2.24) is 9.47 Å². The molecule has 0 amide bonds. The Morgan fingerprint density at radius 3 is 2.62 bits per heavy atom.